The van der Waals surface area contributed by atoms with Crippen LogP contribution in [0.4, 0.5) is 0 Å². The molecular formula is C12H16O3. The lowest BCUT2D eigenvalue weighted by Gasteiger charge is -2.01. The van der Waals surface area contributed by atoms with Crippen molar-refractivity contribution < 1.29 is 14.3 Å². The topological polar surface area (TPSA) is 43.4 Å². The fourth-order valence-electron chi connectivity index (χ4n) is 0.794. The van der Waals surface area contributed by atoms with Crippen molar-refractivity contribution in [3.05, 3.63) is 11.6 Å². The average Bonchev–Trinajstić information content (AvgIpc) is 2.11. The second kappa shape index (κ2) is 6.83. The minimum Gasteiger partial charge on any atom is -0.462 e. The summed E-state index contributed by atoms with van der Waals surface area (Å²) in [6, 6.07) is 0. The molecule has 0 rings (SSSR count). The molecule has 0 amide bonds. The Labute approximate surface area is 90.5 Å². The lowest BCUT2D eigenvalue weighted by atomic mass is 10.1. The van der Waals surface area contributed by atoms with Crippen LogP contribution >= 0.6 is 0 Å². The highest BCUT2D eigenvalue weighted by molar-refractivity contribution is 6.16. The van der Waals surface area contributed by atoms with E-state index in [0.717, 1.165) is 0 Å². The molecule has 0 saturated heterocycles. The third kappa shape index (κ3) is 5.69. The Kier molecular flexibility index (Phi) is 6.12. The number of rotatable bonds is 3. The lowest BCUT2D eigenvalue weighted by Crippen LogP contribution is -2.13. The number of hydrogen-bond donors (Lipinski definition) is 0. The lowest BCUT2D eigenvalue weighted by molar-refractivity contribution is -0.139. The molecule has 0 aliphatic rings. The second-order valence-electron chi connectivity index (χ2n) is 3.28. The minimum absolute atomic E-state index is 0.00463. The van der Waals surface area contributed by atoms with E-state index in [4.69, 9.17) is 4.74 Å². The number of carbonyl (C=O) groups is 2. The van der Waals surface area contributed by atoms with Crippen LogP contribution in [0.5, 0.6) is 0 Å². The predicted molar refractivity (Wildman–Crippen MR) is 58.0 cm³/mol. The number of esters is 1. The summed E-state index contributed by atoms with van der Waals surface area (Å²) in [5, 5.41) is 0. The van der Waals surface area contributed by atoms with E-state index < -0.39 is 5.97 Å². The van der Waals surface area contributed by atoms with E-state index in [0.29, 0.717) is 0 Å². The summed E-state index contributed by atoms with van der Waals surface area (Å²) in [5.41, 5.74) is 0.00463. The highest BCUT2D eigenvalue weighted by atomic mass is 16.5. The Morgan fingerprint density at radius 3 is 2.40 bits per heavy atom. The quantitative estimate of drug-likeness (QED) is 0.233. The summed E-state index contributed by atoms with van der Waals surface area (Å²) < 4.78 is 4.73. The normalized spacial score (nSPS) is 10.6. The zero-order chi connectivity index (χ0) is 11.8. The molecule has 0 aromatic heterocycles. The molecule has 0 radical (unpaired) electrons. The molecule has 0 bridgehead atoms. The molecule has 3 nitrogen and oxygen atoms in total. The van der Waals surface area contributed by atoms with Gasteiger partial charge in [-0.15, -0.1) is 0 Å². The van der Waals surface area contributed by atoms with E-state index >= 15 is 0 Å². The Morgan fingerprint density at radius 1 is 1.40 bits per heavy atom. The Bertz CT molecular complexity index is 327. The molecule has 3 heteroatoms. The average molecular weight is 208 g/mol. The summed E-state index contributed by atoms with van der Waals surface area (Å²) in [6.45, 7) is 7.12. The van der Waals surface area contributed by atoms with Crippen LogP contribution in [-0.4, -0.2) is 18.4 Å². The van der Waals surface area contributed by atoms with Gasteiger partial charge in [0.2, 0.25) is 0 Å². The van der Waals surface area contributed by atoms with E-state index in [1.54, 1.807) is 6.92 Å². The van der Waals surface area contributed by atoms with E-state index in [-0.39, 0.29) is 23.9 Å². The molecule has 0 aliphatic carbocycles. The van der Waals surface area contributed by atoms with E-state index in [2.05, 4.69) is 11.8 Å². The van der Waals surface area contributed by atoms with Crippen molar-refractivity contribution in [1.82, 2.24) is 0 Å². The summed E-state index contributed by atoms with van der Waals surface area (Å²) in [7, 11) is 0. The molecule has 0 aromatic carbocycles. The number of allylic oxidation sites excluding steroid dienone is 1. The molecule has 0 saturated carbocycles. The fraction of sp³-hybridized carbons (Fsp3) is 0.500. The Balaban J connectivity index is 4.77. The van der Waals surface area contributed by atoms with Crippen LogP contribution < -0.4 is 0 Å². The zero-order valence-electron chi connectivity index (χ0n) is 9.59. The SMILES string of the molecule is CCOC(=O)/C(=C\C#CC(C)C)C(C)=O. The molecule has 0 N–H and O–H groups in total. The van der Waals surface area contributed by atoms with Gasteiger partial charge in [-0.3, -0.25) is 4.79 Å². The molecule has 0 fully saturated rings. The molecule has 0 atom stereocenters. The fourth-order valence-corrected chi connectivity index (χ4v) is 0.794. The van der Waals surface area contributed by atoms with E-state index in [9.17, 15) is 9.59 Å². The van der Waals surface area contributed by atoms with Crippen molar-refractivity contribution in [2.75, 3.05) is 6.61 Å². The van der Waals surface area contributed by atoms with Gasteiger partial charge in [0, 0.05) is 12.0 Å². The van der Waals surface area contributed by atoms with Gasteiger partial charge < -0.3 is 4.74 Å². The maximum Gasteiger partial charge on any atom is 0.342 e. The smallest absolute Gasteiger partial charge is 0.342 e. The van der Waals surface area contributed by atoms with Gasteiger partial charge in [-0.05, 0) is 13.8 Å². The summed E-state index contributed by atoms with van der Waals surface area (Å²) >= 11 is 0. The van der Waals surface area contributed by atoms with Gasteiger partial charge in [-0.2, -0.15) is 0 Å². The molecule has 0 heterocycles. The van der Waals surface area contributed by atoms with Crippen LogP contribution in [0.1, 0.15) is 27.7 Å². The van der Waals surface area contributed by atoms with Gasteiger partial charge in [0.05, 0.1) is 6.61 Å². The van der Waals surface area contributed by atoms with Gasteiger partial charge in [-0.1, -0.05) is 25.7 Å². The molecule has 82 valence electrons. The summed E-state index contributed by atoms with van der Waals surface area (Å²) in [5.74, 6) is 4.78. The third-order valence-corrected chi connectivity index (χ3v) is 1.46. The molecule has 0 spiro atoms. The maximum absolute atomic E-state index is 11.3. The minimum atomic E-state index is -0.608. The van der Waals surface area contributed by atoms with Gasteiger partial charge in [0.25, 0.3) is 0 Å². The van der Waals surface area contributed by atoms with Crippen LogP contribution in [0.2, 0.25) is 0 Å². The first kappa shape index (κ1) is 13.4. The zero-order valence-corrected chi connectivity index (χ0v) is 9.59. The molecule has 0 aliphatic heterocycles. The first-order valence-corrected chi connectivity index (χ1v) is 4.88. The Hall–Kier alpha value is -1.56. The second-order valence-corrected chi connectivity index (χ2v) is 3.28. The van der Waals surface area contributed by atoms with Crippen LogP contribution in [0.25, 0.3) is 0 Å². The van der Waals surface area contributed by atoms with Crippen LogP contribution in [0.3, 0.4) is 0 Å². The van der Waals surface area contributed by atoms with Crippen molar-refractivity contribution in [1.29, 1.82) is 0 Å². The number of ketones is 1. The van der Waals surface area contributed by atoms with Crippen molar-refractivity contribution in [2.45, 2.75) is 27.7 Å². The van der Waals surface area contributed by atoms with Gasteiger partial charge in [0.15, 0.2) is 5.78 Å². The summed E-state index contributed by atoms with van der Waals surface area (Å²) in [6.07, 6.45) is 1.32. The third-order valence-electron chi connectivity index (χ3n) is 1.46. The Morgan fingerprint density at radius 2 is 2.00 bits per heavy atom. The van der Waals surface area contributed by atoms with Crippen LogP contribution in [-0.2, 0) is 14.3 Å². The number of Topliss-reactive ketones (excluding diaryl/α,β-unsaturated/α-hetero) is 1. The number of hydrogen-bond acceptors (Lipinski definition) is 3. The maximum atomic E-state index is 11.3. The largest absolute Gasteiger partial charge is 0.462 e. The number of ether oxygens (including phenoxy) is 1. The van der Waals surface area contributed by atoms with Crippen molar-refractivity contribution in [3.8, 4) is 11.8 Å². The molecule has 0 unspecified atom stereocenters. The first-order valence-electron chi connectivity index (χ1n) is 4.88. The highest BCUT2D eigenvalue weighted by Gasteiger charge is 2.14. The highest BCUT2D eigenvalue weighted by Crippen LogP contribution is 1.99. The summed E-state index contributed by atoms with van der Waals surface area (Å²) in [4.78, 5) is 22.4. The van der Waals surface area contributed by atoms with Crippen LogP contribution in [0, 0.1) is 17.8 Å². The molecular weight excluding hydrogens is 192 g/mol. The van der Waals surface area contributed by atoms with Crippen molar-refractivity contribution in [2.24, 2.45) is 5.92 Å². The molecule has 0 aromatic rings. The van der Waals surface area contributed by atoms with Gasteiger partial charge in [0.1, 0.15) is 5.57 Å². The van der Waals surface area contributed by atoms with E-state index in [1.165, 1.54) is 13.0 Å². The monoisotopic (exact) mass is 208 g/mol. The van der Waals surface area contributed by atoms with Crippen molar-refractivity contribution in [3.63, 3.8) is 0 Å². The predicted octanol–water partition coefficient (Wildman–Crippen LogP) is 1.72. The standard InChI is InChI=1S/C12H16O3/c1-5-15-12(14)11(10(4)13)8-6-7-9(2)3/h8-9H,5H2,1-4H3/b11-8-. The first-order chi connectivity index (χ1) is 6.99. The van der Waals surface area contributed by atoms with Gasteiger partial charge in [-0.25, -0.2) is 4.79 Å². The van der Waals surface area contributed by atoms with Gasteiger partial charge >= 0.3 is 5.97 Å². The van der Waals surface area contributed by atoms with E-state index in [1.807, 2.05) is 13.8 Å². The van der Waals surface area contributed by atoms with Crippen LogP contribution in [0.15, 0.2) is 11.6 Å². The van der Waals surface area contributed by atoms with Crippen molar-refractivity contribution >= 4 is 11.8 Å². The molecule has 15 heavy (non-hydrogen) atoms. The number of carbonyl (C=O) groups excluding carboxylic acids is 2.